The fourth-order valence-corrected chi connectivity index (χ4v) is 6.97. The van der Waals surface area contributed by atoms with Gasteiger partial charge < -0.3 is 9.64 Å². The van der Waals surface area contributed by atoms with Crippen molar-refractivity contribution in [3.8, 4) is 0 Å². The number of nitrogens with zero attached hydrogens (tertiary/aromatic N) is 1. The normalized spacial score (nSPS) is 18.6. The standard InChI is InChI=1S/C29H34NO2P/c1-29(2,3)28(31)30-20-25(32-21-23-13-7-4-8-14-23)19-24(30)22-33(26-15-9-5-10-16-26)27-17-11-6-12-18-27/h4-18,24-25H,19-22H2,1-3H3/t24-,25+/m0/s1. The molecule has 33 heavy (non-hydrogen) atoms. The highest BCUT2D eigenvalue weighted by Gasteiger charge is 2.40. The van der Waals surface area contributed by atoms with E-state index in [9.17, 15) is 4.79 Å². The number of hydrogen-bond acceptors (Lipinski definition) is 2. The molecule has 0 aromatic heterocycles. The first kappa shape index (κ1) is 23.7. The molecule has 3 aromatic rings. The van der Waals surface area contributed by atoms with Crippen LogP contribution in [0.3, 0.4) is 0 Å². The summed E-state index contributed by atoms with van der Waals surface area (Å²) in [6.45, 7) is 7.30. The molecule has 3 aromatic carbocycles. The third-order valence-corrected chi connectivity index (χ3v) is 8.77. The van der Waals surface area contributed by atoms with Crippen molar-refractivity contribution in [2.45, 2.75) is 45.9 Å². The van der Waals surface area contributed by atoms with Crippen molar-refractivity contribution >= 4 is 24.4 Å². The molecule has 1 aliphatic heterocycles. The zero-order chi connectivity index (χ0) is 23.3. The van der Waals surface area contributed by atoms with Gasteiger partial charge in [0.1, 0.15) is 0 Å². The van der Waals surface area contributed by atoms with Gasteiger partial charge in [0, 0.05) is 18.0 Å². The Bertz CT molecular complexity index is 978. The molecule has 0 N–H and O–H groups in total. The molecule has 0 aliphatic carbocycles. The highest BCUT2D eigenvalue weighted by Crippen LogP contribution is 2.39. The number of likely N-dealkylation sites (tertiary alicyclic amines) is 1. The van der Waals surface area contributed by atoms with E-state index in [1.807, 2.05) is 39.0 Å². The van der Waals surface area contributed by atoms with E-state index in [1.165, 1.54) is 16.2 Å². The summed E-state index contributed by atoms with van der Waals surface area (Å²) in [5.41, 5.74) is 0.764. The number of amides is 1. The van der Waals surface area contributed by atoms with Crippen LogP contribution in [-0.4, -0.2) is 35.7 Å². The van der Waals surface area contributed by atoms with Crippen LogP contribution in [0.4, 0.5) is 0 Å². The first-order valence-corrected chi connectivity index (χ1v) is 13.3. The van der Waals surface area contributed by atoms with E-state index in [0.717, 1.165) is 12.6 Å². The second-order valence-corrected chi connectivity index (χ2v) is 12.1. The van der Waals surface area contributed by atoms with Gasteiger partial charge in [-0.25, -0.2) is 0 Å². The molecule has 0 saturated carbocycles. The summed E-state index contributed by atoms with van der Waals surface area (Å²) in [6.07, 6.45) is 1.90. The summed E-state index contributed by atoms with van der Waals surface area (Å²) in [5, 5.41) is 2.71. The van der Waals surface area contributed by atoms with E-state index in [2.05, 4.69) is 77.7 Å². The maximum atomic E-state index is 13.4. The van der Waals surface area contributed by atoms with Crippen LogP contribution < -0.4 is 10.6 Å². The van der Waals surface area contributed by atoms with E-state index in [4.69, 9.17) is 4.74 Å². The lowest BCUT2D eigenvalue weighted by Gasteiger charge is -2.33. The predicted molar refractivity (Wildman–Crippen MR) is 139 cm³/mol. The van der Waals surface area contributed by atoms with Crippen LogP contribution in [0.2, 0.25) is 0 Å². The van der Waals surface area contributed by atoms with Gasteiger partial charge in [0.05, 0.1) is 12.7 Å². The minimum Gasteiger partial charge on any atom is -0.372 e. The molecule has 1 aliphatic rings. The molecule has 0 spiro atoms. The van der Waals surface area contributed by atoms with Crippen LogP contribution in [0.5, 0.6) is 0 Å². The van der Waals surface area contributed by atoms with Gasteiger partial charge in [0.25, 0.3) is 0 Å². The van der Waals surface area contributed by atoms with Crippen molar-refractivity contribution in [3.63, 3.8) is 0 Å². The maximum Gasteiger partial charge on any atom is 0.228 e. The summed E-state index contributed by atoms with van der Waals surface area (Å²) in [6, 6.07) is 32.0. The van der Waals surface area contributed by atoms with Crippen molar-refractivity contribution in [2.24, 2.45) is 5.41 Å². The largest absolute Gasteiger partial charge is 0.372 e. The first-order valence-electron chi connectivity index (χ1n) is 11.8. The summed E-state index contributed by atoms with van der Waals surface area (Å²) in [7, 11) is -0.571. The fraction of sp³-hybridized carbons (Fsp3) is 0.345. The molecule has 172 valence electrons. The zero-order valence-corrected chi connectivity index (χ0v) is 20.7. The Hall–Kier alpha value is -2.48. The van der Waals surface area contributed by atoms with Gasteiger partial charge >= 0.3 is 0 Å². The highest BCUT2D eigenvalue weighted by atomic mass is 31.1. The third kappa shape index (κ3) is 6.10. The molecule has 4 heteroatoms. The fourth-order valence-electron chi connectivity index (χ4n) is 4.42. The number of ether oxygens (including phenoxy) is 1. The van der Waals surface area contributed by atoms with E-state index < -0.39 is 13.3 Å². The van der Waals surface area contributed by atoms with Crippen molar-refractivity contribution in [1.29, 1.82) is 0 Å². The predicted octanol–water partition coefficient (Wildman–Crippen LogP) is 5.35. The number of rotatable bonds is 7. The Morgan fingerprint density at radius 1 is 0.879 bits per heavy atom. The monoisotopic (exact) mass is 459 g/mol. The number of carbonyl (C=O) groups is 1. The van der Waals surface area contributed by atoms with E-state index in [-0.39, 0.29) is 18.1 Å². The molecular weight excluding hydrogens is 425 g/mol. The van der Waals surface area contributed by atoms with Gasteiger partial charge in [0.2, 0.25) is 5.91 Å². The van der Waals surface area contributed by atoms with Crippen LogP contribution >= 0.6 is 7.92 Å². The Morgan fingerprint density at radius 2 is 1.39 bits per heavy atom. The van der Waals surface area contributed by atoms with Crippen molar-refractivity contribution in [1.82, 2.24) is 4.90 Å². The quantitative estimate of drug-likeness (QED) is 0.446. The van der Waals surface area contributed by atoms with Crippen LogP contribution in [0, 0.1) is 5.41 Å². The van der Waals surface area contributed by atoms with Gasteiger partial charge in [-0.1, -0.05) is 112 Å². The smallest absolute Gasteiger partial charge is 0.228 e. The highest BCUT2D eigenvalue weighted by molar-refractivity contribution is 7.73. The van der Waals surface area contributed by atoms with Crippen molar-refractivity contribution < 1.29 is 9.53 Å². The molecule has 0 bridgehead atoms. The molecule has 1 heterocycles. The Kier molecular flexibility index (Phi) is 7.63. The molecule has 2 atom stereocenters. The molecular formula is C29H34NO2P. The lowest BCUT2D eigenvalue weighted by Crippen LogP contribution is -2.44. The minimum absolute atomic E-state index is 0.0601. The lowest BCUT2D eigenvalue weighted by molar-refractivity contribution is -0.140. The number of carbonyl (C=O) groups excluding carboxylic acids is 1. The minimum atomic E-state index is -0.571. The van der Waals surface area contributed by atoms with Crippen molar-refractivity contribution in [2.75, 3.05) is 12.7 Å². The number of hydrogen-bond donors (Lipinski definition) is 0. The topological polar surface area (TPSA) is 29.5 Å². The summed E-state index contributed by atoms with van der Waals surface area (Å²) < 4.78 is 6.32. The molecule has 1 amide bonds. The average Bonchev–Trinajstić information content (AvgIpc) is 3.24. The molecule has 0 radical (unpaired) electrons. The van der Waals surface area contributed by atoms with Gasteiger partial charge in [-0.3, -0.25) is 4.79 Å². The molecule has 4 rings (SSSR count). The van der Waals surface area contributed by atoms with Crippen LogP contribution in [0.15, 0.2) is 91.0 Å². The van der Waals surface area contributed by atoms with Crippen LogP contribution in [0.25, 0.3) is 0 Å². The Balaban J connectivity index is 1.56. The maximum absolute atomic E-state index is 13.4. The summed E-state index contributed by atoms with van der Waals surface area (Å²) in [5.74, 6) is 0.217. The molecule has 0 unspecified atom stereocenters. The van der Waals surface area contributed by atoms with E-state index in [0.29, 0.717) is 13.2 Å². The van der Waals surface area contributed by atoms with Crippen LogP contribution in [0.1, 0.15) is 32.8 Å². The summed E-state index contributed by atoms with van der Waals surface area (Å²) >= 11 is 0. The Labute approximate surface area is 199 Å². The van der Waals surface area contributed by atoms with Gasteiger partial charge in [-0.15, -0.1) is 0 Å². The second-order valence-electron chi connectivity index (χ2n) is 9.80. The SMILES string of the molecule is CC(C)(C)C(=O)N1C[C@H](OCc2ccccc2)C[C@H]1CP(c1ccccc1)c1ccccc1. The molecule has 3 nitrogen and oxygen atoms in total. The van der Waals surface area contributed by atoms with Gasteiger partial charge in [0.15, 0.2) is 0 Å². The van der Waals surface area contributed by atoms with Crippen molar-refractivity contribution in [3.05, 3.63) is 96.6 Å². The second kappa shape index (κ2) is 10.6. The lowest BCUT2D eigenvalue weighted by atomic mass is 9.94. The van der Waals surface area contributed by atoms with Gasteiger partial charge in [-0.05, 0) is 36.7 Å². The first-order chi connectivity index (χ1) is 15.9. The Morgan fingerprint density at radius 3 is 1.91 bits per heavy atom. The number of benzene rings is 3. The van der Waals surface area contributed by atoms with Gasteiger partial charge in [-0.2, -0.15) is 0 Å². The third-order valence-electron chi connectivity index (χ3n) is 6.14. The molecule has 1 saturated heterocycles. The average molecular weight is 460 g/mol. The summed E-state index contributed by atoms with van der Waals surface area (Å²) in [4.78, 5) is 15.5. The molecule has 1 fully saturated rings. The zero-order valence-electron chi connectivity index (χ0n) is 19.9. The van der Waals surface area contributed by atoms with Crippen LogP contribution in [-0.2, 0) is 16.1 Å². The van der Waals surface area contributed by atoms with E-state index >= 15 is 0 Å². The van der Waals surface area contributed by atoms with E-state index in [1.54, 1.807) is 0 Å².